The van der Waals surface area contributed by atoms with Gasteiger partial charge in [0, 0.05) is 17.1 Å². The van der Waals surface area contributed by atoms with Crippen molar-refractivity contribution in [3.8, 4) is 0 Å². The number of hydrogen-bond acceptors (Lipinski definition) is 4. The first-order valence-corrected chi connectivity index (χ1v) is 10.7. The fraction of sp³-hybridized carbons (Fsp3) is 0.476. The summed E-state index contributed by atoms with van der Waals surface area (Å²) in [6, 6.07) is 5.88. The fourth-order valence-electron chi connectivity index (χ4n) is 3.55. The first-order chi connectivity index (χ1) is 14.2. The maximum absolute atomic E-state index is 13.1. The van der Waals surface area contributed by atoms with E-state index in [4.69, 9.17) is 0 Å². The lowest BCUT2D eigenvalue weighted by Gasteiger charge is -2.35. The van der Waals surface area contributed by atoms with Gasteiger partial charge in [0.15, 0.2) is 0 Å². The van der Waals surface area contributed by atoms with Crippen molar-refractivity contribution in [2.45, 2.75) is 58.2 Å². The standard InChI is InChI=1S/C21H24F3N3O2S/c1-3-4-9-19-25-13(2)17(30-19)11-18(28)26-15-10-14-7-5-6-8-16(14)27(12-15)20(29)21(22,23)24/h5-8,15H,3-4,9-12H2,1-2H3,(H,26,28). The van der Waals surface area contributed by atoms with Crippen LogP contribution in [0.25, 0.3) is 0 Å². The van der Waals surface area contributed by atoms with Crippen LogP contribution in [0.5, 0.6) is 0 Å². The van der Waals surface area contributed by atoms with E-state index in [9.17, 15) is 22.8 Å². The molecule has 2 amide bonds. The highest BCUT2D eigenvalue weighted by atomic mass is 32.1. The number of amides is 2. The van der Waals surface area contributed by atoms with E-state index in [1.165, 1.54) is 17.4 Å². The Hall–Kier alpha value is -2.42. The second-order valence-electron chi connectivity index (χ2n) is 7.41. The average molecular weight is 440 g/mol. The topological polar surface area (TPSA) is 62.3 Å². The quantitative estimate of drug-likeness (QED) is 0.741. The molecule has 1 unspecified atom stereocenters. The minimum atomic E-state index is -4.98. The fourth-order valence-corrected chi connectivity index (χ4v) is 4.66. The van der Waals surface area contributed by atoms with Crippen LogP contribution in [0.4, 0.5) is 18.9 Å². The van der Waals surface area contributed by atoms with E-state index in [2.05, 4.69) is 17.2 Å². The van der Waals surface area contributed by atoms with Crippen LogP contribution < -0.4 is 10.2 Å². The van der Waals surface area contributed by atoms with Crippen molar-refractivity contribution >= 4 is 28.8 Å². The third-order valence-electron chi connectivity index (χ3n) is 5.01. The highest BCUT2D eigenvalue weighted by Gasteiger charge is 2.45. The first-order valence-electron chi connectivity index (χ1n) is 9.90. The smallest absolute Gasteiger partial charge is 0.351 e. The molecular weight excluding hydrogens is 415 g/mol. The van der Waals surface area contributed by atoms with Crippen LogP contribution in [-0.2, 0) is 28.9 Å². The number of anilines is 1. The number of carbonyl (C=O) groups is 2. The molecule has 2 aromatic rings. The number of unbranched alkanes of at least 4 members (excludes halogenated alkanes) is 1. The van der Waals surface area contributed by atoms with E-state index < -0.39 is 18.1 Å². The van der Waals surface area contributed by atoms with Gasteiger partial charge in [-0.25, -0.2) is 4.98 Å². The molecule has 5 nitrogen and oxygen atoms in total. The van der Waals surface area contributed by atoms with E-state index in [1.807, 2.05) is 6.92 Å². The molecule has 2 heterocycles. The van der Waals surface area contributed by atoms with Crippen molar-refractivity contribution in [1.82, 2.24) is 10.3 Å². The summed E-state index contributed by atoms with van der Waals surface area (Å²) in [7, 11) is 0. The lowest BCUT2D eigenvalue weighted by atomic mass is 9.97. The summed E-state index contributed by atoms with van der Waals surface area (Å²) in [6.45, 7) is 3.74. The van der Waals surface area contributed by atoms with Crippen LogP contribution in [0.15, 0.2) is 24.3 Å². The first kappa shape index (κ1) is 22.3. The van der Waals surface area contributed by atoms with Crippen LogP contribution in [0.2, 0.25) is 0 Å². The van der Waals surface area contributed by atoms with Gasteiger partial charge < -0.3 is 10.2 Å². The van der Waals surface area contributed by atoms with Gasteiger partial charge in [-0.15, -0.1) is 11.3 Å². The highest BCUT2D eigenvalue weighted by molar-refractivity contribution is 7.11. The SMILES string of the molecule is CCCCc1nc(C)c(CC(=O)NC2Cc3ccccc3N(C(=O)C(F)(F)F)C2)s1. The van der Waals surface area contributed by atoms with Gasteiger partial charge in [0.1, 0.15) is 0 Å². The minimum Gasteiger partial charge on any atom is -0.351 e. The molecule has 1 aliphatic heterocycles. The monoisotopic (exact) mass is 439 g/mol. The number of nitrogens with one attached hydrogen (secondary N) is 1. The van der Waals surface area contributed by atoms with Crippen LogP contribution >= 0.6 is 11.3 Å². The Bertz CT molecular complexity index is 926. The molecule has 0 saturated heterocycles. The summed E-state index contributed by atoms with van der Waals surface area (Å²) in [6.07, 6.45) is -1.52. The van der Waals surface area contributed by atoms with Crippen LogP contribution in [0, 0.1) is 6.92 Å². The highest BCUT2D eigenvalue weighted by Crippen LogP contribution is 2.31. The molecule has 1 aliphatic rings. The van der Waals surface area contributed by atoms with Crippen molar-refractivity contribution in [3.05, 3.63) is 45.4 Å². The third-order valence-corrected chi connectivity index (χ3v) is 6.22. The zero-order valence-corrected chi connectivity index (χ0v) is 17.7. The Morgan fingerprint density at radius 3 is 2.73 bits per heavy atom. The second kappa shape index (κ2) is 9.16. The van der Waals surface area contributed by atoms with Crippen molar-refractivity contribution in [2.75, 3.05) is 11.4 Å². The summed E-state index contributed by atoms with van der Waals surface area (Å²) in [5.74, 6) is -2.21. The maximum Gasteiger partial charge on any atom is 0.471 e. The molecule has 3 rings (SSSR count). The lowest BCUT2D eigenvalue weighted by Crippen LogP contribution is -2.53. The molecule has 9 heteroatoms. The number of fused-ring (bicyclic) bond motifs is 1. The van der Waals surface area contributed by atoms with E-state index in [-0.39, 0.29) is 24.6 Å². The Balaban J connectivity index is 1.70. The molecule has 0 bridgehead atoms. The summed E-state index contributed by atoms with van der Waals surface area (Å²) >= 11 is 1.50. The van der Waals surface area contributed by atoms with Crippen LogP contribution in [0.3, 0.4) is 0 Å². The number of para-hydroxylation sites is 1. The Labute approximate surface area is 177 Å². The number of alkyl halides is 3. The van der Waals surface area contributed by atoms with Gasteiger partial charge >= 0.3 is 12.1 Å². The number of carbonyl (C=O) groups excluding carboxylic acids is 2. The molecular formula is C21H24F3N3O2S. The summed E-state index contributed by atoms with van der Waals surface area (Å²) in [5.41, 5.74) is 1.65. The number of nitrogens with zero attached hydrogens (tertiary/aromatic N) is 2. The molecule has 1 aromatic heterocycles. The summed E-state index contributed by atoms with van der Waals surface area (Å²) < 4.78 is 39.2. The maximum atomic E-state index is 13.1. The van der Waals surface area contributed by atoms with Gasteiger partial charge in [0.05, 0.1) is 23.2 Å². The normalized spacial score (nSPS) is 16.3. The van der Waals surface area contributed by atoms with Crippen molar-refractivity contribution in [2.24, 2.45) is 0 Å². The predicted molar refractivity (Wildman–Crippen MR) is 110 cm³/mol. The molecule has 0 aliphatic carbocycles. The number of rotatable bonds is 6. The molecule has 0 fully saturated rings. The van der Waals surface area contributed by atoms with Crippen molar-refractivity contribution < 1.29 is 22.8 Å². The van der Waals surface area contributed by atoms with E-state index in [0.29, 0.717) is 16.9 Å². The van der Waals surface area contributed by atoms with Gasteiger partial charge in [-0.2, -0.15) is 13.2 Å². The molecule has 0 radical (unpaired) electrons. The Morgan fingerprint density at radius 2 is 2.03 bits per heavy atom. The minimum absolute atomic E-state index is 0.126. The number of hydrogen-bond donors (Lipinski definition) is 1. The zero-order chi connectivity index (χ0) is 21.9. The Kier molecular flexibility index (Phi) is 6.80. The van der Waals surface area contributed by atoms with Crippen LogP contribution in [0.1, 0.15) is 40.9 Å². The number of thiazole rings is 1. The van der Waals surface area contributed by atoms with Crippen LogP contribution in [-0.4, -0.2) is 35.6 Å². The van der Waals surface area contributed by atoms with Gasteiger partial charge in [-0.3, -0.25) is 9.59 Å². The average Bonchev–Trinajstić information content (AvgIpc) is 3.03. The van der Waals surface area contributed by atoms with E-state index >= 15 is 0 Å². The van der Waals surface area contributed by atoms with Crippen molar-refractivity contribution in [3.63, 3.8) is 0 Å². The van der Waals surface area contributed by atoms with Gasteiger partial charge in [-0.05, 0) is 37.8 Å². The number of halogens is 3. The summed E-state index contributed by atoms with van der Waals surface area (Å²) in [4.78, 5) is 30.6. The zero-order valence-electron chi connectivity index (χ0n) is 16.9. The third kappa shape index (κ3) is 5.19. The van der Waals surface area contributed by atoms with E-state index in [0.717, 1.165) is 34.8 Å². The molecule has 1 aromatic carbocycles. The van der Waals surface area contributed by atoms with E-state index in [1.54, 1.807) is 18.2 Å². The largest absolute Gasteiger partial charge is 0.471 e. The number of aromatic nitrogens is 1. The van der Waals surface area contributed by atoms with Crippen molar-refractivity contribution in [1.29, 1.82) is 0 Å². The number of aryl methyl sites for hydroxylation is 2. The van der Waals surface area contributed by atoms with Gasteiger partial charge in [0.2, 0.25) is 5.91 Å². The van der Waals surface area contributed by atoms with Gasteiger partial charge in [0.25, 0.3) is 0 Å². The summed E-state index contributed by atoms with van der Waals surface area (Å²) in [5, 5.41) is 3.79. The predicted octanol–water partition coefficient (Wildman–Crippen LogP) is 3.97. The molecule has 30 heavy (non-hydrogen) atoms. The Morgan fingerprint density at radius 1 is 1.30 bits per heavy atom. The molecule has 0 spiro atoms. The molecule has 162 valence electrons. The number of benzene rings is 1. The molecule has 1 atom stereocenters. The lowest BCUT2D eigenvalue weighted by molar-refractivity contribution is -0.170. The van der Waals surface area contributed by atoms with Gasteiger partial charge in [-0.1, -0.05) is 31.5 Å². The molecule has 0 saturated carbocycles. The second-order valence-corrected chi connectivity index (χ2v) is 8.58. The molecule has 1 N–H and O–H groups in total.